The minimum atomic E-state index is -3.61. The number of sulfonamides is 1. The first kappa shape index (κ1) is 18.6. The predicted molar refractivity (Wildman–Crippen MR) is 94.6 cm³/mol. The van der Waals surface area contributed by atoms with Gasteiger partial charge in [-0.1, -0.05) is 17.7 Å². The molecule has 0 heterocycles. The molecule has 24 heavy (non-hydrogen) atoms. The third-order valence-electron chi connectivity index (χ3n) is 3.41. The van der Waals surface area contributed by atoms with E-state index in [1.54, 1.807) is 25.1 Å². The van der Waals surface area contributed by atoms with Crippen molar-refractivity contribution >= 4 is 21.6 Å². The van der Waals surface area contributed by atoms with E-state index < -0.39 is 10.0 Å². The molecule has 2 aromatic rings. The first-order chi connectivity index (χ1) is 11.3. The second-order valence-corrected chi connectivity index (χ2v) is 7.45. The third kappa shape index (κ3) is 4.63. The molecule has 0 spiro atoms. The minimum Gasteiger partial charge on any atom is -0.497 e. The van der Waals surface area contributed by atoms with Crippen molar-refractivity contribution in [3.8, 4) is 11.5 Å². The van der Waals surface area contributed by atoms with Crippen LogP contribution in [0.25, 0.3) is 0 Å². The van der Waals surface area contributed by atoms with Crippen LogP contribution in [-0.4, -0.2) is 28.7 Å². The Morgan fingerprint density at radius 2 is 1.88 bits per heavy atom. The van der Waals surface area contributed by atoms with Gasteiger partial charge in [-0.3, -0.25) is 0 Å². The Bertz CT molecular complexity index is 821. The molecular weight excluding hydrogens is 350 g/mol. The lowest BCUT2D eigenvalue weighted by atomic mass is 10.2. The molecule has 130 valence electrons. The maximum absolute atomic E-state index is 12.4. The highest BCUT2D eigenvalue weighted by atomic mass is 35.5. The molecule has 2 aromatic carbocycles. The molecular formula is C17H20ClNO4S. The third-order valence-corrected chi connectivity index (χ3v) is 5.34. The summed E-state index contributed by atoms with van der Waals surface area (Å²) in [5.74, 6) is 1.15. The lowest BCUT2D eigenvalue weighted by Crippen LogP contribution is -2.28. The fourth-order valence-corrected chi connectivity index (χ4v) is 3.60. The van der Waals surface area contributed by atoms with Gasteiger partial charge in [0.2, 0.25) is 10.0 Å². The van der Waals surface area contributed by atoms with E-state index in [2.05, 4.69) is 4.72 Å². The largest absolute Gasteiger partial charge is 0.497 e. The van der Waals surface area contributed by atoms with Crippen molar-refractivity contribution in [2.75, 3.05) is 20.3 Å². The second-order valence-electron chi connectivity index (χ2n) is 5.31. The summed E-state index contributed by atoms with van der Waals surface area (Å²) in [7, 11) is -2.07. The van der Waals surface area contributed by atoms with E-state index in [-0.39, 0.29) is 18.0 Å². The highest BCUT2D eigenvalue weighted by Gasteiger charge is 2.16. The number of benzene rings is 2. The fraction of sp³-hybridized carbons (Fsp3) is 0.294. The van der Waals surface area contributed by atoms with Crippen LogP contribution in [0.4, 0.5) is 0 Å². The van der Waals surface area contributed by atoms with Crippen LogP contribution >= 0.6 is 11.6 Å². The summed E-state index contributed by atoms with van der Waals surface area (Å²) in [4.78, 5) is 0.219. The first-order valence-corrected chi connectivity index (χ1v) is 9.23. The van der Waals surface area contributed by atoms with Crippen molar-refractivity contribution in [3.05, 3.63) is 52.5 Å². The summed E-state index contributed by atoms with van der Waals surface area (Å²) in [6.45, 7) is 3.97. The molecule has 5 nitrogen and oxygen atoms in total. The Labute approximate surface area is 147 Å². The fourth-order valence-electron chi connectivity index (χ4n) is 2.19. The second kappa shape index (κ2) is 7.88. The summed E-state index contributed by atoms with van der Waals surface area (Å²) in [6, 6.07) is 10.3. The first-order valence-electron chi connectivity index (χ1n) is 7.37. The SMILES string of the molecule is COc1ccc(S(=O)(=O)NCCOc2cc(C)ccc2Cl)c(C)c1. The number of aryl methyl sites for hydroxylation is 2. The molecule has 0 aliphatic rings. The summed E-state index contributed by atoms with van der Waals surface area (Å²) in [5, 5.41) is 0.495. The molecule has 2 rings (SSSR count). The van der Waals surface area contributed by atoms with Gasteiger partial charge in [-0.25, -0.2) is 13.1 Å². The number of rotatable bonds is 7. The van der Waals surface area contributed by atoms with Crippen LogP contribution in [0.1, 0.15) is 11.1 Å². The molecule has 0 saturated heterocycles. The van der Waals surface area contributed by atoms with Gasteiger partial charge in [-0.2, -0.15) is 0 Å². The van der Waals surface area contributed by atoms with Gasteiger partial charge >= 0.3 is 0 Å². The van der Waals surface area contributed by atoms with Crippen molar-refractivity contribution in [1.82, 2.24) is 4.72 Å². The van der Waals surface area contributed by atoms with Crippen molar-refractivity contribution in [1.29, 1.82) is 0 Å². The lowest BCUT2D eigenvalue weighted by molar-refractivity contribution is 0.323. The molecule has 0 bridgehead atoms. The lowest BCUT2D eigenvalue weighted by Gasteiger charge is -2.12. The summed E-state index contributed by atoms with van der Waals surface area (Å²) >= 11 is 6.03. The van der Waals surface area contributed by atoms with Gasteiger partial charge < -0.3 is 9.47 Å². The highest BCUT2D eigenvalue weighted by Crippen LogP contribution is 2.25. The van der Waals surface area contributed by atoms with E-state index in [0.29, 0.717) is 22.1 Å². The van der Waals surface area contributed by atoms with E-state index >= 15 is 0 Å². The Morgan fingerprint density at radius 1 is 1.12 bits per heavy atom. The molecule has 0 aromatic heterocycles. The molecule has 0 fully saturated rings. The standard InChI is InChI=1S/C17H20ClNO4S/c1-12-4-6-15(18)16(10-12)23-9-8-19-24(20,21)17-7-5-14(22-3)11-13(17)2/h4-7,10-11,19H,8-9H2,1-3H3. The number of hydrogen-bond acceptors (Lipinski definition) is 4. The molecule has 0 unspecified atom stereocenters. The average Bonchev–Trinajstić information content (AvgIpc) is 2.54. The van der Waals surface area contributed by atoms with Crippen LogP contribution < -0.4 is 14.2 Å². The van der Waals surface area contributed by atoms with E-state index in [0.717, 1.165) is 5.56 Å². The predicted octanol–water partition coefficient (Wildman–Crippen LogP) is 3.32. The number of ether oxygens (including phenoxy) is 2. The topological polar surface area (TPSA) is 64.6 Å². The van der Waals surface area contributed by atoms with Crippen LogP contribution in [0.3, 0.4) is 0 Å². The van der Waals surface area contributed by atoms with Gasteiger partial charge in [0.1, 0.15) is 18.1 Å². The van der Waals surface area contributed by atoms with Gasteiger partial charge in [-0.05, 0) is 55.3 Å². The van der Waals surface area contributed by atoms with Gasteiger partial charge in [0.25, 0.3) is 0 Å². The van der Waals surface area contributed by atoms with Crippen molar-refractivity contribution in [2.24, 2.45) is 0 Å². The monoisotopic (exact) mass is 369 g/mol. The number of hydrogen-bond donors (Lipinski definition) is 1. The van der Waals surface area contributed by atoms with E-state index in [4.69, 9.17) is 21.1 Å². The zero-order valence-corrected chi connectivity index (χ0v) is 15.4. The molecule has 0 saturated carbocycles. The zero-order chi connectivity index (χ0) is 17.7. The van der Waals surface area contributed by atoms with Gasteiger partial charge in [0.15, 0.2) is 0 Å². The molecule has 1 N–H and O–H groups in total. The van der Waals surface area contributed by atoms with Crippen LogP contribution in [0, 0.1) is 13.8 Å². The smallest absolute Gasteiger partial charge is 0.240 e. The quantitative estimate of drug-likeness (QED) is 0.760. The van der Waals surface area contributed by atoms with Gasteiger partial charge in [0, 0.05) is 6.54 Å². The Kier molecular flexibility index (Phi) is 6.10. The van der Waals surface area contributed by atoms with Crippen LogP contribution in [0.5, 0.6) is 11.5 Å². The number of halogens is 1. The van der Waals surface area contributed by atoms with Crippen molar-refractivity contribution < 1.29 is 17.9 Å². The summed E-state index contributed by atoms with van der Waals surface area (Å²) < 4.78 is 37.8. The van der Waals surface area contributed by atoms with Crippen molar-refractivity contribution in [3.63, 3.8) is 0 Å². The van der Waals surface area contributed by atoms with Gasteiger partial charge in [0.05, 0.1) is 17.0 Å². The van der Waals surface area contributed by atoms with Crippen molar-refractivity contribution in [2.45, 2.75) is 18.7 Å². The van der Waals surface area contributed by atoms with Crippen LogP contribution in [0.15, 0.2) is 41.3 Å². The summed E-state index contributed by atoms with van der Waals surface area (Å²) in [6.07, 6.45) is 0. The maximum Gasteiger partial charge on any atom is 0.240 e. The molecule has 0 amide bonds. The molecule has 7 heteroatoms. The zero-order valence-electron chi connectivity index (χ0n) is 13.8. The highest BCUT2D eigenvalue weighted by molar-refractivity contribution is 7.89. The summed E-state index contributed by atoms with van der Waals surface area (Å²) in [5.41, 5.74) is 1.63. The molecule has 0 aliphatic heterocycles. The Balaban J connectivity index is 1.97. The number of nitrogens with one attached hydrogen (secondary N) is 1. The number of methoxy groups -OCH3 is 1. The Morgan fingerprint density at radius 3 is 2.54 bits per heavy atom. The van der Waals surface area contributed by atoms with Crippen LogP contribution in [0.2, 0.25) is 5.02 Å². The molecule has 0 atom stereocenters. The minimum absolute atomic E-state index is 0.137. The maximum atomic E-state index is 12.4. The van der Waals surface area contributed by atoms with E-state index in [1.807, 2.05) is 19.1 Å². The van der Waals surface area contributed by atoms with Gasteiger partial charge in [-0.15, -0.1) is 0 Å². The average molecular weight is 370 g/mol. The normalized spacial score (nSPS) is 11.3. The van der Waals surface area contributed by atoms with E-state index in [9.17, 15) is 8.42 Å². The molecule has 0 aliphatic carbocycles. The van der Waals surface area contributed by atoms with E-state index in [1.165, 1.54) is 13.2 Å². The molecule has 0 radical (unpaired) electrons. The Hall–Kier alpha value is -1.76. The van der Waals surface area contributed by atoms with Crippen LogP contribution in [-0.2, 0) is 10.0 Å².